The summed E-state index contributed by atoms with van der Waals surface area (Å²) >= 11 is 0. The van der Waals surface area contributed by atoms with Gasteiger partial charge in [0.1, 0.15) is 12.9 Å². The van der Waals surface area contributed by atoms with E-state index in [4.69, 9.17) is 4.74 Å². The molecule has 1 aromatic carbocycles. The highest BCUT2D eigenvalue weighted by Crippen LogP contribution is 2.01. The van der Waals surface area contributed by atoms with Crippen LogP contribution in [0.2, 0.25) is 0 Å². The highest BCUT2D eigenvalue weighted by Gasteiger charge is 2.10. The van der Waals surface area contributed by atoms with Gasteiger partial charge in [-0.15, -0.1) is 0 Å². The molecule has 0 aliphatic heterocycles. The summed E-state index contributed by atoms with van der Waals surface area (Å²) in [5, 5.41) is 2.65. The molecular formula is C13H17NO3. The van der Waals surface area contributed by atoms with Crippen molar-refractivity contribution in [2.24, 2.45) is 0 Å². The smallest absolute Gasteiger partial charge is 0.407 e. The van der Waals surface area contributed by atoms with E-state index >= 15 is 0 Å². The summed E-state index contributed by atoms with van der Waals surface area (Å²) in [7, 11) is 0. The van der Waals surface area contributed by atoms with Crippen LogP contribution in [0.3, 0.4) is 0 Å². The minimum absolute atomic E-state index is 0.143. The van der Waals surface area contributed by atoms with Crippen LogP contribution in [0.1, 0.15) is 25.3 Å². The molecule has 1 aromatic rings. The zero-order valence-corrected chi connectivity index (χ0v) is 9.89. The van der Waals surface area contributed by atoms with Crippen molar-refractivity contribution in [3.8, 4) is 0 Å². The van der Waals surface area contributed by atoms with Gasteiger partial charge in [-0.25, -0.2) is 4.79 Å². The number of amides is 1. The van der Waals surface area contributed by atoms with E-state index in [1.54, 1.807) is 0 Å². The Bertz CT molecular complexity index is 351. The molecule has 0 saturated heterocycles. The Kier molecular flexibility index (Phi) is 5.79. The van der Waals surface area contributed by atoms with E-state index in [-0.39, 0.29) is 12.6 Å². The van der Waals surface area contributed by atoms with Crippen molar-refractivity contribution in [2.45, 2.75) is 32.4 Å². The summed E-state index contributed by atoms with van der Waals surface area (Å²) in [6, 6.07) is 9.30. The molecule has 1 atom stereocenters. The number of nitrogens with one attached hydrogen (secondary N) is 1. The normalized spacial score (nSPS) is 11.6. The lowest BCUT2D eigenvalue weighted by Crippen LogP contribution is -2.34. The Balaban J connectivity index is 2.32. The van der Waals surface area contributed by atoms with Crippen LogP contribution in [0.15, 0.2) is 30.3 Å². The van der Waals surface area contributed by atoms with E-state index in [1.165, 1.54) is 0 Å². The minimum atomic E-state index is -0.484. The van der Waals surface area contributed by atoms with Gasteiger partial charge in [-0.05, 0) is 12.0 Å². The maximum absolute atomic E-state index is 11.4. The van der Waals surface area contributed by atoms with Gasteiger partial charge < -0.3 is 14.8 Å². The number of alkyl carbamates (subject to hydrolysis) is 1. The molecule has 0 aliphatic rings. The third-order valence-corrected chi connectivity index (χ3v) is 2.41. The van der Waals surface area contributed by atoms with Crippen LogP contribution in [0.5, 0.6) is 0 Å². The number of benzene rings is 1. The lowest BCUT2D eigenvalue weighted by Gasteiger charge is -2.14. The third-order valence-electron chi connectivity index (χ3n) is 2.41. The van der Waals surface area contributed by atoms with Crippen molar-refractivity contribution in [1.82, 2.24) is 5.32 Å². The van der Waals surface area contributed by atoms with Crippen LogP contribution < -0.4 is 5.32 Å². The summed E-state index contributed by atoms with van der Waals surface area (Å²) in [6.45, 7) is 2.15. The van der Waals surface area contributed by atoms with Crippen LogP contribution in [0.4, 0.5) is 4.79 Å². The molecule has 4 nitrogen and oxygen atoms in total. The van der Waals surface area contributed by atoms with Crippen LogP contribution in [-0.4, -0.2) is 18.4 Å². The molecule has 0 radical (unpaired) electrons. The van der Waals surface area contributed by atoms with E-state index in [1.807, 2.05) is 37.3 Å². The number of carbonyl (C=O) groups is 2. The molecule has 0 saturated carbocycles. The fraction of sp³-hybridized carbons (Fsp3) is 0.385. The van der Waals surface area contributed by atoms with Gasteiger partial charge in [0.05, 0.1) is 0 Å². The van der Waals surface area contributed by atoms with Crippen molar-refractivity contribution in [3.63, 3.8) is 0 Å². The molecule has 0 spiro atoms. The number of hydrogen-bond acceptors (Lipinski definition) is 3. The summed E-state index contributed by atoms with van der Waals surface area (Å²) in [5.74, 6) is 0. The molecule has 4 heteroatoms. The number of ether oxygens (including phenoxy) is 1. The van der Waals surface area contributed by atoms with Crippen LogP contribution in [0, 0.1) is 0 Å². The average molecular weight is 235 g/mol. The Morgan fingerprint density at radius 3 is 2.71 bits per heavy atom. The maximum atomic E-state index is 11.4. The topological polar surface area (TPSA) is 55.4 Å². The minimum Gasteiger partial charge on any atom is -0.445 e. The number of rotatable bonds is 6. The molecule has 1 N–H and O–H groups in total. The summed E-state index contributed by atoms with van der Waals surface area (Å²) in [5.41, 5.74) is 0.936. The quantitative estimate of drug-likeness (QED) is 0.769. The van der Waals surface area contributed by atoms with Gasteiger partial charge in [0.2, 0.25) is 0 Å². The highest BCUT2D eigenvalue weighted by molar-refractivity contribution is 5.68. The first-order valence-corrected chi connectivity index (χ1v) is 5.67. The highest BCUT2D eigenvalue weighted by atomic mass is 16.5. The molecule has 0 fully saturated rings. The Morgan fingerprint density at radius 2 is 2.12 bits per heavy atom. The van der Waals surface area contributed by atoms with Gasteiger partial charge in [0, 0.05) is 12.5 Å². The molecule has 1 amide bonds. The van der Waals surface area contributed by atoms with Crippen LogP contribution >= 0.6 is 0 Å². The predicted octanol–water partition coefficient (Wildman–Crippen LogP) is 2.28. The zero-order chi connectivity index (χ0) is 12.5. The van der Waals surface area contributed by atoms with Crippen molar-refractivity contribution < 1.29 is 14.3 Å². The first-order valence-electron chi connectivity index (χ1n) is 5.67. The molecule has 1 unspecified atom stereocenters. The van der Waals surface area contributed by atoms with Crippen molar-refractivity contribution >= 4 is 12.4 Å². The van der Waals surface area contributed by atoms with Gasteiger partial charge in [-0.3, -0.25) is 0 Å². The van der Waals surface area contributed by atoms with Crippen molar-refractivity contribution in [1.29, 1.82) is 0 Å². The van der Waals surface area contributed by atoms with Gasteiger partial charge in [-0.2, -0.15) is 0 Å². The molecule has 0 aliphatic carbocycles. The van der Waals surface area contributed by atoms with Gasteiger partial charge in [0.15, 0.2) is 0 Å². The number of carbonyl (C=O) groups excluding carboxylic acids is 2. The molecule has 92 valence electrons. The van der Waals surface area contributed by atoms with E-state index < -0.39 is 6.09 Å². The van der Waals surface area contributed by atoms with E-state index in [2.05, 4.69) is 5.32 Å². The fourth-order valence-electron chi connectivity index (χ4n) is 1.38. The zero-order valence-electron chi connectivity index (χ0n) is 9.89. The summed E-state index contributed by atoms with van der Waals surface area (Å²) < 4.78 is 5.04. The molecular weight excluding hydrogens is 218 g/mol. The summed E-state index contributed by atoms with van der Waals surface area (Å²) in [6.07, 6.45) is 1.34. The maximum Gasteiger partial charge on any atom is 0.407 e. The van der Waals surface area contributed by atoms with Gasteiger partial charge in [-0.1, -0.05) is 37.3 Å². The molecule has 0 aromatic heterocycles. The summed E-state index contributed by atoms with van der Waals surface area (Å²) in [4.78, 5) is 21.8. The van der Waals surface area contributed by atoms with Crippen molar-refractivity contribution in [2.75, 3.05) is 0 Å². The Morgan fingerprint density at radius 1 is 1.41 bits per heavy atom. The number of hydrogen-bond donors (Lipinski definition) is 1. The molecule has 17 heavy (non-hydrogen) atoms. The lowest BCUT2D eigenvalue weighted by molar-refractivity contribution is -0.108. The average Bonchev–Trinajstić information content (AvgIpc) is 2.37. The first-order chi connectivity index (χ1) is 8.26. The molecule has 0 heterocycles. The number of aldehydes is 1. The van der Waals surface area contributed by atoms with Gasteiger partial charge >= 0.3 is 6.09 Å². The molecule has 0 bridgehead atoms. The second kappa shape index (κ2) is 7.44. The van der Waals surface area contributed by atoms with E-state index in [9.17, 15) is 9.59 Å². The Labute approximate surface area is 101 Å². The lowest BCUT2D eigenvalue weighted by atomic mass is 10.2. The van der Waals surface area contributed by atoms with Crippen molar-refractivity contribution in [3.05, 3.63) is 35.9 Å². The third kappa shape index (κ3) is 5.15. The fourth-order valence-corrected chi connectivity index (χ4v) is 1.38. The largest absolute Gasteiger partial charge is 0.445 e. The van der Waals surface area contributed by atoms with E-state index in [0.717, 1.165) is 11.8 Å². The first kappa shape index (κ1) is 13.2. The van der Waals surface area contributed by atoms with E-state index in [0.29, 0.717) is 12.8 Å². The van der Waals surface area contributed by atoms with Crippen LogP contribution in [0.25, 0.3) is 0 Å². The van der Waals surface area contributed by atoms with Crippen LogP contribution in [-0.2, 0) is 16.1 Å². The molecule has 1 rings (SSSR count). The Hall–Kier alpha value is -1.84. The second-order valence-electron chi connectivity index (χ2n) is 3.71. The SMILES string of the molecule is CCC(CC=O)NC(=O)OCc1ccccc1. The second-order valence-corrected chi connectivity index (χ2v) is 3.71. The predicted molar refractivity (Wildman–Crippen MR) is 64.5 cm³/mol. The standard InChI is InChI=1S/C13H17NO3/c1-2-12(8-9-15)14-13(16)17-10-11-6-4-3-5-7-11/h3-7,9,12H,2,8,10H2,1H3,(H,14,16). The van der Waals surface area contributed by atoms with Gasteiger partial charge in [0.25, 0.3) is 0 Å². The monoisotopic (exact) mass is 235 g/mol.